The molecule has 2 fully saturated rings. The summed E-state index contributed by atoms with van der Waals surface area (Å²) < 4.78 is 17.6. The van der Waals surface area contributed by atoms with Crippen LogP contribution in [0, 0.1) is 0 Å². The first kappa shape index (κ1) is 16.1. The maximum Gasteiger partial charge on any atom is 0.350 e. The Hall–Kier alpha value is -2.37. The molecule has 2 aliphatic heterocycles. The van der Waals surface area contributed by atoms with Crippen molar-refractivity contribution in [1.82, 2.24) is 5.32 Å². The van der Waals surface area contributed by atoms with Gasteiger partial charge in [0.25, 0.3) is 0 Å². The highest BCUT2D eigenvalue weighted by atomic mass is 16.8. The SMILES string of the molecule is COc1ccc(C2(c3ccccc3)OC3(CCNCC3)OC2=O)cc1. The van der Waals surface area contributed by atoms with Gasteiger partial charge in [0.1, 0.15) is 5.75 Å². The van der Waals surface area contributed by atoms with Gasteiger partial charge in [-0.2, -0.15) is 0 Å². The number of piperidine rings is 1. The molecule has 2 aromatic carbocycles. The second-order valence-corrected chi connectivity index (χ2v) is 6.43. The summed E-state index contributed by atoms with van der Waals surface area (Å²) in [6, 6.07) is 17.0. The third-order valence-electron chi connectivity index (χ3n) is 4.95. The molecule has 0 saturated carbocycles. The normalized spacial score (nSPS) is 24.9. The van der Waals surface area contributed by atoms with Crippen LogP contribution in [0.15, 0.2) is 54.6 Å². The summed E-state index contributed by atoms with van der Waals surface area (Å²) in [7, 11) is 1.62. The summed E-state index contributed by atoms with van der Waals surface area (Å²) in [6.07, 6.45) is 1.28. The lowest BCUT2D eigenvalue weighted by atomic mass is 9.86. The molecule has 1 N–H and O–H groups in total. The molecule has 2 aliphatic rings. The van der Waals surface area contributed by atoms with E-state index in [4.69, 9.17) is 14.2 Å². The number of nitrogens with one attached hydrogen (secondary N) is 1. The Kier molecular flexibility index (Phi) is 3.98. The number of benzene rings is 2. The number of hydrogen-bond acceptors (Lipinski definition) is 5. The summed E-state index contributed by atoms with van der Waals surface area (Å²) in [5, 5.41) is 3.28. The number of carbonyl (C=O) groups is 1. The van der Waals surface area contributed by atoms with Gasteiger partial charge in [-0.15, -0.1) is 0 Å². The second-order valence-electron chi connectivity index (χ2n) is 6.43. The molecular formula is C20H21NO4. The third kappa shape index (κ3) is 2.60. The maximum absolute atomic E-state index is 13.1. The van der Waals surface area contributed by atoms with Crippen molar-refractivity contribution in [2.75, 3.05) is 20.2 Å². The average Bonchev–Trinajstić information content (AvgIpc) is 2.95. The van der Waals surface area contributed by atoms with E-state index < -0.39 is 11.4 Å². The van der Waals surface area contributed by atoms with Gasteiger partial charge in [-0.1, -0.05) is 42.5 Å². The molecule has 5 nitrogen and oxygen atoms in total. The molecule has 2 saturated heterocycles. The highest BCUT2D eigenvalue weighted by molar-refractivity contribution is 5.87. The highest BCUT2D eigenvalue weighted by Gasteiger charge is 2.60. The molecule has 25 heavy (non-hydrogen) atoms. The van der Waals surface area contributed by atoms with Crippen LogP contribution >= 0.6 is 0 Å². The Labute approximate surface area is 146 Å². The van der Waals surface area contributed by atoms with Gasteiger partial charge in [0.2, 0.25) is 11.4 Å². The fourth-order valence-corrected chi connectivity index (χ4v) is 3.61. The number of hydrogen-bond donors (Lipinski definition) is 1. The average molecular weight is 339 g/mol. The molecular weight excluding hydrogens is 318 g/mol. The van der Waals surface area contributed by atoms with Crippen LogP contribution in [0.5, 0.6) is 5.75 Å². The predicted molar refractivity (Wildman–Crippen MR) is 92.2 cm³/mol. The summed E-state index contributed by atoms with van der Waals surface area (Å²) in [6.45, 7) is 1.53. The maximum atomic E-state index is 13.1. The summed E-state index contributed by atoms with van der Waals surface area (Å²) in [5.74, 6) is -0.487. The van der Waals surface area contributed by atoms with Crippen LogP contribution in [-0.2, 0) is 19.9 Å². The minimum absolute atomic E-state index is 0.356. The van der Waals surface area contributed by atoms with Crippen molar-refractivity contribution in [1.29, 1.82) is 0 Å². The number of ether oxygens (including phenoxy) is 3. The zero-order valence-electron chi connectivity index (χ0n) is 14.2. The van der Waals surface area contributed by atoms with Crippen molar-refractivity contribution in [2.45, 2.75) is 24.2 Å². The van der Waals surface area contributed by atoms with E-state index in [1.807, 2.05) is 54.6 Å². The zero-order chi connectivity index (χ0) is 17.3. The van der Waals surface area contributed by atoms with E-state index in [1.54, 1.807) is 7.11 Å². The fraction of sp³-hybridized carbons (Fsp3) is 0.350. The van der Waals surface area contributed by atoms with Crippen molar-refractivity contribution in [2.24, 2.45) is 0 Å². The molecule has 0 radical (unpaired) electrons. The van der Waals surface area contributed by atoms with Gasteiger partial charge >= 0.3 is 5.97 Å². The highest BCUT2D eigenvalue weighted by Crippen LogP contribution is 2.48. The lowest BCUT2D eigenvalue weighted by Crippen LogP contribution is -2.44. The molecule has 0 bridgehead atoms. The molecule has 4 rings (SSSR count). The van der Waals surface area contributed by atoms with E-state index in [9.17, 15) is 4.79 Å². The van der Waals surface area contributed by atoms with Crippen LogP contribution in [-0.4, -0.2) is 32.0 Å². The van der Waals surface area contributed by atoms with Crippen LogP contribution in [0.1, 0.15) is 24.0 Å². The lowest BCUT2D eigenvalue weighted by Gasteiger charge is -2.33. The molecule has 2 aromatic rings. The molecule has 1 atom stereocenters. The minimum Gasteiger partial charge on any atom is -0.497 e. The van der Waals surface area contributed by atoms with Crippen molar-refractivity contribution < 1.29 is 19.0 Å². The predicted octanol–water partition coefficient (Wildman–Crippen LogP) is 2.59. The molecule has 0 amide bonds. The Morgan fingerprint density at radius 1 is 0.960 bits per heavy atom. The first-order chi connectivity index (χ1) is 12.2. The van der Waals surface area contributed by atoms with Gasteiger partial charge in [0.15, 0.2) is 0 Å². The molecule has 5 heteroatoms. The van der Waals surface area contributed by atoms with Crippen molar-refractivity contribution >= 4 is 5.97 Å². The summed E-state index contributed by atoms with van der Waals surface area (Å²) in [4.78, 5) is 13.1. The van der Waals surface area contributed by atoms with E-state index in [1.165, 1.54) is 0 Å². The standard InChI is InChI=1S/C20H21NO4/c1-23-17-9-7-16(8-10-17)20(15-5-3-2-4-6-15)18(22)24-19(25-20)11-13-21-14-12-19/h2-10,21H,11-14H2,1H3. The topological polar surface area (TPSA) is 56.8 Å². The van der Waals surface area contributed by atoms with Crippen LogP contribution in [0.3, 0.4) is 0 Å². The van der Waals surface area contributed by atoms with E-state index in [0.717, 1.165) is 30.0 Å². The van der Waals surface area contributed by atoms with Gasteiger partial charge in [-0.05, 0) is 17.7 Å². The quantitative estimate of drug-likeness (QED) is 0.871. The van der Waals surface area contributed by atoms with E-state index in [2.05, 4.69) is 5.32 Å². The van der Waals surface area contributed by atoms with Crippen LogP contribution in [0.25, 0.3) is 0 Å². The van der Waals surface area contributed by atoms with Crippen molar-refractivity contribution in [3.63, 3.8) is 0 Å². The first-order valence-electron chi connectivity index (χ1n) is 8.53. The van der Waals surface area contributed by atoms with Crippen molar-refractivity contribution in [3.8, 4) is 5.75 Å². The number of carbonyl (C=O) groups excluding carboxylic acids is 1. The number of esters is 1. The van der Waals surface area contributed by atoms with E-state index in [-0.39, 0.29) is 5.97 Å². The Bertz CT molecular complexity index is 753. The Morgan fingerprint density at radius 3 is 2.24 bits per heavy atom. The molecule has 1 unspecified atom stereocenters. The molecule has 2 heterocycles. The summed E-state index contributed by atoms with van der Waals surface area (Å²) in [5.41, 5.74) is 0.283. The molecule has 0 aromatic heterocycles. The number of methoxy groups -OCH3 is 1. The van der Waals surface area contributed by atoms with Gasteiger partial charge < -0.3 is 19.5 Å². The fourth-order valence-electron chi connectivity index (χ4n) is 3.61. The molecule has 1 spiro atoms. The monoisotopic (exact) mass is 339 g/mol. The van der Waals surface area contributed by atoms with E-state index in [0.29, 0.717) is 12.8 Å². The lowest BCUT2D eigenvalue weighted by molar-refractivity contribution is -0.198. The smallest absolute Gasteiger partial charge is 0.350 e. The van der Waals surface area contributed by atoms with Crippen LogP contribution < -0.4 is 10.1 Å². The largest absolute Gasteiger partial charge is 0.497 e. The van der Waals surface area contributed by atoms with Gasteiger partial charge in [0, 0.05) is 31.5 Å². The zero-order valence-corrected chi connectivity index (χ0v) is 14.2. The first-order valence-corrected chi connectivity index (χ1v) is 8.53. The second kappa shape index (κ2) is 6.17. The van der Waals surface area contributed by atoms with Gasteiger partial charge in [-0.3, -0.25) is 0 Å². The summed E-state index contributed by atoms with van der Waals surface area (Å²) >= 11 is 0. The van der Waals surface area contributed by atoms with Crippen LogP contribution in [0.4, 0.5) is 0 Å². The van der Waals surface area contributed by atoms with Gasteiger partial charge in [0.05, 0.1) is 7.11 Å². The molecule has 130 valence electrons. The van der Waals surface area contributed by atoms with Crippen LogP contribution in [0.2, 0.25) is 0 Å². The Balaban J connectivity index is 1.83. The minimum atomic E-state index is -1.25. The van der Waals surface area contributed by atoms with Gasteiger partial charge in [-0.25, -0.2) is 4.79 Å². The van der Waals surface area contributed by atoms with Crippen molar-refractivity contribution in [3.05, 3.63) is 65.7 Å². The van der Waals surface area contributed by atoms with E-state index >= 15 is 0 Å². The Morgan fingerprint density at radius 2 is 1.60 bits per heavy atom. The molecule has 0 aliphatic carbocycles. The third-order valence-corrected chi connectivity index (χ3v) is 4.95. The number of rotatable bonds is 3.